The maximum Gasteiger partial charge on any atom is 0.121 e. The van der Waals surface area contributed by atoms with Gasteiger partial charge in [-0.1, -0.05) is 97.1 Å². The lowest BCUT2D eigenvalue weighted by molar-refractivity contribution is 0.514. The number of hydrogen-bond acceptors (Lipinski definition) is 1. The highest BCUT2D eigenvalue weighted by molar-refractivity contribution is 5.52. The Bertz CT molecular complexity index is 919. The fraction of sp³-hybridized carbons (Fsp3) is 0.0800. The molecule has 0 saturated heterocycles. The molecule has 1 heterocycles. The van der Waals surface area contributed by atoms with Gasteiger partial charge in [-0.2, -0.15) is 0 Å². The molecule has 0 radical (unpaired) electrons. The van der Waals surface area contributed by atoms with Crippen LogP contribution in [0.2, 0.25) is 0 Å². The van der Waals surface area contributed by atoms with Crippen molar-refractivity contribution in [1.29, 1.82) is 0 Å². The van der Waals surface area contributed by atoms with Crippen molar-refractivity contribution < 1.29 is 0 Å². The summed E-state index contributed by atoms with van der Waals surface area (Å²) in [6.07, 6.45) is 8.10. The predicted molar refractivity (Wildman–Crippen MR) is 112 cm³/mol. The first-order chi connectivity index (χ1) is 13.4. The van der Waals surface area contributed by atoms with Gasteiger partial charge < -0.3 is 4.57 Å². The van der Waals surface area contributed by atoms with Crippen molar-refractivity contribution in [2.45, 2.75) is 12.5 Å². The summed E-state index contributed by atoms with van der Waals surface area (Å²) < 4.78 is 2.22. The molecule has 0 aliphatic carbocycles. The molecule has 0 N–H and O–H groups in total. The smallest absolute Gasteiger partial charge is 0.121 e. The summed E-state index contributed by atoms with van der Waals surface area (Å²) in [6.45, 7) is 2.01. The van der Waals surface area contributed by atoms with Crippen molar-refractivity contribution in [1.82, 2.24) is 9.55 Å². The number of imidazole rings is 1. The Hall–Kier alpha value is -3.39. The van der Waals surface area contributed by atoms with Crippen LogP contribution in [0.1, 0.15) is 29.3 Å². The molecule has 2 heteroatoms. The van der Waals surface area contributed by atoms with Gasteiger partial charge in [-0.05, 0) is 29.7 Å². The van der Waals surface area contributed by atoms with Gasteiger partial charge in [0.05, 0.1) is 12.0 Å². The first kappa shape index (κ1) is 17.0. The van der Waals surface area contributed by atoms with E-state index in [9.17, 15) is 0 Å². The largest absolute Gasteiger partial charge is 0.318 e. The Morgan fingerprint density at radius 2 is 1.15 bits per heavy atom. The molecule has 0 atom stereocenters. The molecule has 2 nitrogen and oxygen atoms in total. The lowest BCUT2D eigenvalue weighted by Crippen LogP contribution is -2.36. The molecule has 1 aromatic heterocycles. The molecule has 4 aromatic rings. The molecule has 0 aliphatic heterocycles. The number of hydrogen-bond donors (Lipinski definition) is 0. The van der Waals surface area contributed by atoms with Crippen LogP contribution in [0.5, 0.6) is 0 Å². The molecule has 0 bridgehead atoms. The van der Waals surface area contributed by atoms with Crippen LogP contribution >= 0.6 is 0 Å². The number of aromatic nitrogens is 2. The second kappa shape index (κ2) is 7.46. The summed E-state index contributed by atoms with van der Waals surface area (Å²) in [6, 6.07) is 31.9. The van der Waals surface area contributed by atoms with E-state index in [0.29, 0.717) is 0 Å². The van der Waals surface area contributed by atoms with Crippen molar-refractivity contribution in [2.24, 2.45) is 0 Å². The van der Waals surface area contributed by atoms with Crippen LogP contribution in [-0.2, 0) is 5.54 Å². The Kier molecular flexibility index (Phi) is 4.71. The standard InChI is InChI=1S/C25H22N2/c1-2-12-24-19-27(20-26-24)25(21-13-6-3-7-14-21,22-15-8-4-9-16-22)23-17-10-5-11-18-23/h2-20H,1H3. The van der Waals surface area contributed by atoms with E-state index in [0.717, 1.165) is 5.69 Å². The van der Waals surface area contributed by atoms with Gasteiger partial charge in [0.1, 0.15) is 5.54 Å². The van der Waals surface area contributed by atoms with E-state index >= 15 is 0 Å². The molecule has 0 saturated carbocycles. The van der Waals surface area contributed by atoms with E-state index in [1.165, 1.54) is 16.7 Å². The summed E-state index contributed by atoms with van der Waals surface area (Å²) in [5.74, 6) is 0. The highest BCUT2D eigenvalue weighted by Gasteiger charge is 2.38. The van der Waals surface area contributed by atoms with Crippen LogP contribution in [0.4, 0.5) is 0 Å². The fourth-order valence-corrected chi connectivity index (χ4v) is 3.76. The van der Waals surface area contributed by atoms with Crippen LogP contribution in [0.25, 0.3) is 6.08 Å². The first-order valence-electron chi connectivity index (χ1n) is 9.19. The summed E-state index contributed by atoms with van der Waals surface area (Å²) in [4.78, 5) is 4.62. The quantitative estimate of drug-likeness (QED) is 0.419. The van der Waals surface area contributed by atoms with Crippen molar-refractivity contribution >= 4 is 6.08 Å². The monoisotopic (exact) mass is 350 g/mol. The summed E-state index contributed by atoms with van der Waals surface area (Å²) in [5.41, 5.74) is 4.06. The summed E-state index contributed by atoms with van der Waals surface area (Å²) >= 11 is 0. The van der Waals surface area contributed by atoms with Crippen LogP contribution < -0.4 is 0 Å². The molecular formula is C25H22N2. The van der Waals surface area contributed by atoms with Gasteiger partial charge in [0.15, 0.2) is 0 Å². The molecule has 0 aliphatic rings. The highest BCUT2D eigenvalue weighted by Crippen LogP contribution is 2.40. The lowest BCUT2D eigenvalue weighted by Gasteiger charge is -2.37. The minimum atomic E-state index is -0.489. The molecule has 27 heavy (non-hydrogen) atoms. The van der Waals surface area contributed by atoms with Crippen molar-refractivity contribution in [2.75, 3.05) is 0 Å². The van der Waals surface area contributed by atoms with Crippen molar-refractivity contribution in [3.05, 3.63) is 132 Å². The maximum absolute atomic E-state index is 4.62. The molecular weight excluding hydrogens is 328 g/mol. The summed E-state index contributed by atoms with van der Waals surface area (Å²) in [5, 5.41) is 0. The normalized spacial score (nSPS) is 11.7. The summed E-state index contributed by atoms with van der Waals surface area (Å²) in [7, 11) is 0. The lowest BCUT2D eigenvalue weighted by atomic mass is 9.77. The molecule has 0 amide bonds. The van der Waals surface area contributed by atoms with Crippen molar-refractivity contribution in [3.8, 4) is 0 Å². The SMILES string of the molecule is CC=Cc1cn(C(c2ccccc2)(c2ccccc2)c2ccccc2)cn1. The van der Waals surface area contributed by atoms with Gasteiger partial charge in [-0.15, -0.1) is 0 Å². The second-order valence-electron chi connectivity index (χ2n) is 6.51. The van der Waals surface area contributed by atoms with E-state index in [2.05, 4.69) is 107 Å². The molecule has 4 rings (SSSR count). The van der Waals surface area contributed by atoms with E-state index in [1.54, 1.807) is 0 Å². The van der Waals surface area contributed by atoms with Crippen LogP contribution in [0.3, 0.4) is 0 Å². The Morgan fingerprint density at radius 3 is 1.56 bits per heavy atom. The predicted octanol–water partition coefficient (Wildman–Crippen LogP) is 5.76. The van der Waals surface area contributed by atoms with Crippen LogP contribution in [-0.4, -0.2) is 9.55 Å². The highest BCUT2D eigenvalue weighted by atomic mass is 15.1. The van der Waals surface area contributed by atoms with Crippen molar-refractivity contribution in [3.63, 3.8) is 0 Å². The Morgan fingerprint density at radius 1 is 0.704 bits per heavy atom. The molecule has 0 fully saturated rings. The minimum absolute atomic E-state index is 0.489. The average Bonchev–Trinajstić information content (AvgIpc) is 3.20. The van der Waals surface area contributed by atoms with E-state index in [1.807, 2.05) is 25.4 Å². The van der Waals surface area contributed by atoms with E-state index < -0.39 is 5.54 Å². The molecule has 0 unspecified atom stereocenters. The third-order valence-electron chi connectivity index (χ3n) is 4.90. The molecule has 3 aromatic carbocycles. The number of rotatable bonds is 5. The fourth-order valence-electron chi connectivity index (χ4n) is 3.76. The first-order valence-corrected chi connectivity index (χ1v) is 9.19. The Labute approximate surface area is 160 Å². The maximum atomic E-state index is 4.62. The third-order valence-corrected chi connectivity index (χ3v) is 4.90. The Balaban J connectivity index is 2.09. The zero-order valence-electron chi connectivity index (χ0n) is 15.4. The van der Waals surface area contributed by atoms with Gasteiger partial charge >= 0.3 is 0 Å². The third kappa shape index (κ3) is 3.00. The zero-order valence-corrected chi connectivity index (χ0v) is 15.4. The van der Waals surface area contributed by atoms with Gasteiger partial charge in [0.2, 0.25) is 0 Å². The molecule has 0 spiro atoms. The second-order valence-corrected chi connectivity index (χ2v) is 6.51. The minimum Gasteiger partial charge on any atom is -0.318 e. The molecule has 132 valence electrons. The zero-order chi connectivity index (χ0) is 18.5. The number of benzene rings is 3. The van der Waals surface area contributed by atoms with Crippen LogP contribution in [0, 0.1) is 0 Å². The average molecular weight is 350 g/mol. The van der Waals surface area contributed by atoms with E-state index in [-0.39, 0.29) is 0 Å². The van der Waals surface area contributed by atoms with E-state index in [4.69, 9.17) is 0 Å². The van der Waals surface area contributed by atoms with Gasteiger partial charge in [-0.3, -0.25) is 0 Å². The van der Waals surface area contributed by atoms with Gasteiger partial charge in [0.25, 0.3) is 0 Å². The topological polar surface area (TPSA) is 17.8 Å². The number of nitrogens with zero attached hydrogens (tertiary/aromatic N) is 2. The van der Waals surface area contributed by atoms with Gasteiger partial charge in [-0.25, -0.2) is 4.98 Å². The number of allylic oxidation sites excluding steroid dienone is 1. The van der Waals surface area contributed by atoms with Crippen LogP contribution in [0.15, 0.2) is 110 Å². The van der Waals surface area contributed by atoms with Gasteiger partial charge in [0, 0.05) is 6.20 Å².